The Balaban J connectivity index is 1.79. The molecule has 2 aromatic carbocycles. The molecule has 1 aliphatic heterocycles. The number of benzene rings is 2. The molecule has 1 N–H and O–H groups in total. The smallest absolute Gasteiger partial charge is 0.240 e. The van der Waals surface area contributed by atoms with Crippen molar-refractivity contribution in [2.75, 3.05) is 37.4 Å². The van der Waals surface area contributed by atoms with Gasteiger partial charge in [-0.25, -0.2) is 21.6 Å². The van der Waals surface area contributed by atoms with Crippen molar-refractivity contribution in [2.45, 2.75) is 31.1 Å². The fraction of sp³-hybridized carbons (Fsp3) is 0.429. The van der Waals surface area contributed by atoms with Crippen molar-refractivity contribution in [1.29, 1.82) is 0 Å². The summed E-state index contributed by atoms with van der Waals surface area (Å²) in [5.74, 6) is 1.38. The standard InChI is InChI=1S/C21H28N2O6S2/c1-16-6-7-18(23-12-4-5-13-30(23,24)25)15-21(16)31(26,27)22-11-10-17-14-19(28-2)8-9-20(17)29-3/h6-9,14-15,22H,4-5,10-13H2,1-3H3. The summed E-state index contributed by atoms with van der Waals surface area (Å²) in [7, 11) is -4.15. The monoisotopic (exact) mass is 468 g/mol. The molecule has 170 valence electrons. The number of anilines is 1. The number of sulfonamides is 2. The third-order valence-electron chi connectivity index (χ3n) is 5.27. The first-order chi connectivity index (χ1) is 14.7. The molecule has 0 atom stereocenters. The van der Waals surface area contributed by atoms with Gasteiger partial charge in [-0.15, -0.1) is 0 Å². The molecule has 1 heterocycles. The fourth-order valence-electron chi connectivity index (χ4n) is 3.59. The van der Waals surface area contributed by atoms with Gasteiger partial charge in [0.1, 0.15) is 11.5 Å². The van der Waals surface area contributed by atoms with E-state index in [1.54, 1.807) is 51.5 Å². The van der Waals surface area contributed by atoms with Crippen LogP contribution >= 0.6 is 0 Å². The highest BCUT2D eigenvalue weighted by molar-refractivity contribution is 7.92. The summed E-state index contributed by atoms with van der Waals surface area (Å²) in [5.41, 5.74) is 1.74. The summed E-state index contributed by atoms with van der Waals surface area (Å²) >= 11 is 0. The Bertz CT molecular complexity index is 1150. The quantitative estimate of drug-likeness (QED) is 0.639. The molecule has 31 heavy (non-hydrogen) atoms. The predicted octanol–water partition coefficient (Wildman–Crippen LogP) is 2.46. The lowest BCUT2D eigenvalue weighted by Gasteiger charge is -2.28. The Morgan fingerprint density at radius 1 is 1.06 bits per heavy atom. The Kier molecular flexibility index (Phi) is 7.13. The van der Waals surface area contributed by atoms with Gasteiger partial charge in [0.15, 0.2) is 0 Å². The van der Waals surface area contributed by atoms with Crippen LogP contribution in [0.3, 0.4) is 0 Å². The molecule has 3 rings (SSSR count). The highest BCUT2D eigenvalue weighted by Crippen LogP contribution is 2.28. The normalized spacial score (nSPS) is 16.2. The van der Waals surface area contributed by atoms with Crippen molar-refractivity contribution in [3.05, 3.63) is 47.5 Å². The van der Waals surface area contributed by atoms with Crippen molar-refractivity contribution in [3.8, 4) is 11.5 Å². The van der Waals surface area contributed by atoms with E-state index in [1.807, 2.05) is 0 Å². The van der Waals surface area contributed by atoms with Gasteiger partial charge in [0.25, 0.3) is 0 Å². The van der Waals surface area contributed by atoms with E-state index < -0.39 is 20.0 Å². The van der Waals surface area contributed by atoms with E-state index >= 15 is 0 Å². The molecule has 0 saturated carbocycles. The summed E-state index contributed by atoms with van der Waals surface area (Å²) in [6, 6.07) is 10.1. The second kappa shape index (κ2) is 9.46. The molecule has 0 spiro atoms. The summed E-state index contributed by atoms with van der Waals surface area (Å²) < 4.78 is 65.3. The minimum absolute atomic E-state index is 0.0726. The average Bonchev–Trinajstić information content (AvgIpc) is 2.73. The molecule has 0 radical (unpaired) electrons. The molecular formula is C21H28N2O6S2. The number of aryl methyl sites for hydroxylation is 1. The van der Waals surface area contributed by atoms with Gasteiger partial charge in [0.2, 0.25) is 20.0 Å². The van der Waals surface area contributed by atoms with Gasteiger partial charge in [-0.2, -0.15) is 0 Å². The summed E-state index contributed by atoms with van der Waals surface area (Å²) in [5, 5.41) is 0. The molecule has 0 aliphatic carbocycles. The van der Waals surface area contributed by atoms with Crippen molar-refractivity contribution in [2.24, 2.45) is 0 Å². The van der Waals surface area contributed by atoms with Crippen LogP contribution in [0.4, 0.5) is 5.69 Å². The zero-order valence-corrected chi connectivity index (χ0v) is 19.6. The average molecular weight is 469 g/mol. The number of rotatable bonds is 8. The first-order valence-electron chi connectivity index (χ1n) is 9.99. The molecular weight excluding hydrogens is 440 g/mol. The largest absolute Gasteiger partial charge is 0.497 e. The molecule has 1 fully saturated rings. The van der Waals surface area contributed by atoms with E-state index in [2.05, 4.69) is 4.72 Å². The Labute approximate surface area is 184 Å². The zero-order valence-electron chi connectivity index (χ0n) is 17.9. The van der Waals surface area contributed by atoms with E-state index in [1.165, 1.54) is 10.4 Å². The lowest BCUT2D eigenvalue weighted by atomic mass is 10.1. The maximum absolute atomic E-state index is 13.0. The SMILES string of the molecule is COc1ccc(OC)c(CCNS(=O)(=O)c2cc(N3CCCCS3(=O)=O)ccc2C)c1. The first kappa shape index (κ1) is 23.4. The Hall–Kier alpha value is -2.30. The molecule has 2 aromatic rings. The second-order valence-corrected chi connectivity index (χ2v) is 11.1. The van der Waals surface area contributed by atoms with Gasteiger partial charge >= 0.3 is 0 Å². The van der Waals surface area contributed by atoms with Crippen LogP contribution in [0.15, 0.2) is 41.3 Å². The minimum Gasteiger partial charge on any atom is -0.497 e. The number of methoxy groups -OCH3 is 2. The lowest BCUT2D eigenvalue weighted by molar-refractivity contribution is 0.398. The minimum atomic E-state index is -3.84. The molecule has 10 heteroatoms. The highest BCUT2D eigenvalue weighted by Gasteiger charge is 2.27. The van der Waals surface area contributed by atoms with Crippen LogP contribution in [-0.4, -0.2) is 49.9 Å². The van der Waals surface area contributed by atoms with Crippen LogP contribution in [0.5, 0.6) is 11.5 Å². The lowest BCUT2D eigenvalue weighted by Crippen LogP contribution is -2.38. The first-order valence-corrected chi connectivity index (χ1v) is 13.1. The van der Waals surface area contributed by atoms with Crippen LogP contribution in [0.2, 0.25) is 0 Å². The number of nitrogens with one attached hydrogen (secondary N) is 1. The van der Waals surface area contributed by atoms with Crippen LogP contribution in [0.25, 0.3) is 0 Å². The molecule has 0 amide bonds. The number of nitrogens with zero attached hydrogens (tertiary/aromatic N) is 1. The molecule has 0 aromatic heterocycles. The van der Waals surface area contributed by atoms with Crippen LogP contribution < -0.4 is 18.5 Å². The Morgan fingerprint density at radius 3 is 2.52 bits per heavy atom. The van der Waals surface area contributed by atoms with Crippen molar-refractivity contribution >= 4 is 25.7 Å². The Morgan fingerprint density at radius 2 is 1.84 bits per heavy atom. The molecule has 0 unspecified atom stereocenters. The van der Waals surface area contributed by atoms with E-state index in [9.17, 15) is 16.8 Å². The second-order valence-electron chi connectivity index (χ2n) is 7.37. The third-order valence-corrected chi connectivity index (χ3v) is 8.75. The van der Waals surface area contributed by atoms with Crippen LogP contribution in [-0.2, 0) is 26.5 Å². The van der Waals surface area contributed by atoms with Gasteiger partial charge in [0, 0.05) is 13.1 Å². The van der Waals surface area contributed by atoms with Crippen molar-refractivity contribution < 1.29 is 26.3 Å². The van der Waals surface area contributed by atoms with E-state index in [0.717, 1.165) is 12.0 Å². The van der Waals surface area contributed by atoms with E-state index in [0.29, 0.717) is 42.1 Å². The van der Waals surface area contributed by atoms with Gasteiger partial charge in [0.05, 0.1) is 30.6 Å². The predicted molar refractivity (Wildman–Crippen MR) is 120 cm³/mol. The van der Waals surface area contributed by atoms with Gasteiger partial charge in [-0.05, 0) is 67.6 Å². The maximum atomic E-state index is 13.0. The maximum Gasteiger partial charge on any atom is 0.240 e. The van der Waals surface area contributed by atoms with Crippen molar-refractivity contribution in [3.63, 3.8) is 0 Å². The number of ether oxygens (including phenoxy) is 2. The van der Waals surface area contributed by atoms with Crippen LogP contribution in [0, 0.1) is 6.92 Å². The molecule has 0 bridgehead atoms. The summed E-state index contributed by atoms with van der Waals surface area (Å²) in [6.45, 7) is 2.19. The molecule has 1 aliphatic rings. The number of hydrogen-bond acceptors (Lipinski definition) is 6. The van der Waals surface area contributed by atoms with Gasteiger partial charge in [-0.1, -0.05) is 6.07 Å². The van der Waals surface area contributed by atoms with Gasteiger partial charge in [-0.3, -0.25) is 4.31 Å². The molecule has 8 nitrogen and oxygen atoms in total. The third kappa shape index (κ3) is 5.31. The van der Waals surface area contributed by atoms with E-state index in [4.69, 9.17) is 9.47 Å². The summed E-state index contributed by atoms with van der Waals surface area (Å²) in [4.78, 5) is 0.0726. The van der Waals surface area contributed by atoms with Crippen molar-refractivity contribution in [1.82, 2.24) is 4.72 Å². The fourth-order valence-corrected chi connectivity index (χ4v) is 6.51. The topological polar surface area (TPSA) is 102 Å². The highest BCUT2D eigenvalue weighted by atomic mass is 32.2. The van der Waals surface area contributed by atoms with E-state index in [-0.39, 0.29) is 17.2 Å². The van der Waals surface area contributed by atoms with Gasteiger partial charge < -0.3 is 9.47 Å². The number of hydrogen-bond donors (Lipinski definition) is 1. The zero-order chi connectivity index (χ0) is 22.6. The summed E-state index contributed by atoms with van der Waals surface area (Å²) in [6.07, 6.45) is 1.76. The van der Waals surface area contributed by atoms with Crippen LogP contribution in [0.1, 0.15) is 24.0 Å². The molecule has 1 saturated heterocycles.